The summed E-state index contributed by atoms with van der Waals surface area (Å²) in [6.45, 7) is 0.437. The van der Waals surface area contributed by atoms with Gasteiger partial charge in [-0.05, 0) is 43.2 Å². The molecule has 4 aromatic rings. The summed E-state index contributed by atoms with van der Waals surface area (Å²) in [4.78, 5) is 23.7. The van der Waals surface area contributed by atoms with Gasteiger partial charge in [0.15, 0.2) is 10.9 Å². The maximum atomic E-state index is 14.3. The number of nitrogens with zero attached hydrogens (tertiary/aromatic N) is 4. The molecule has 0 aliphatic carbocycles. The zero-order chi connectivity index (χ0) is 25.4. The summed E-state index contributed by atoms with van der Waals surface area (Å²) in [5, 5.41) is 0.230. The third-order valence-electron chi connectivity index (χ3n) is 5.89. The van der Waals surface area contributed by atoms with Gasteiger partial charge in [0.05, 0.1) is 21.3 Å². The number of fused-ring (bicyclic) bond motifs is 1. The lowest BCUT2D eigenvalue weighted by Crippen LogP contribution is -2.44. The van der Waals surface area contributed by atoms with Crippen molar-refractivity contribution in [1.29, 1.82) is 0 Å². The molecule has 0 N–H and O–H groups in total. The number of halogens is 3. The summed E-state index contributed by atoms with van der Waals surface area (Å²) in [5.41, 5.74) is 0.595. The molecule has 1 aromatic carbocycles. The van der Waals surface area contributed by atoms with Crippen molar-refractivity contribution in [3.8, 4) is 0 Å². The molecule has 1 saturated heterocycles. The number of anilines is 1. The molecule has 1 amide bonds. The monoisotopic (exact) mass is 568 g/mol. The first-order valence-electron chi connectivity index (χ1n) is 10.9. The number of sulfonamides is 1. The Hall–Kier alpha value is -2.51. The van der Waals surface area contributed by atoms with Gasteiger partial charge >= 0.3 is 0 Å². The third-order valence-corrected chi connectivity index (χ3v) is 10.5. The molecule has 188 valence electrons. The van der Waals surface area contributed by atoms with E-state index in [0.29, 0.717) is 22.9 Å². The quantitative estimate of drug-likeness (QED) is 0.314. The second-order valence-corrected chi connectivity index (χ2v) is 13.1. The fourth-order valence-corrected chi connectivity index (χ4v) is 8.20. The molecule has 0 saturated carbocycles. The number of hydrogen-bond donors (Lipinski definition) is 0. The van der Waals surface area contributed by atoms with Crippen molar-refractivity contribution in [3.63, 3.8) is 0 Å². The molecule has 36 heavy (non-hydrogen) atoms. The van der Waals surface area contributed by atoms with Gasteiger partial charge < -0.3 is 0 Å². The highest BCUT2D eigenvalue weighted by Crippen LogP contribution is 2.35. The molecule has 1 aliphatic heterocycles. The Balaban J connectivity index is 1.39. The van der Waals surface area contributed by atoms with Crippen LogP contribution in [0.4, 0.5) is 13.9 Å². The topological polar surface area (TPSA) is 83.5 Å². The molecule has 3 aromatic heterocycles. The van der Waals surface area contributed by atoms with Crippen molar-refractivity contribution < 1.29 is 22.0 Å². The minimum absolute atomic E-state index is 0.00857. The molecule has 5 rings (SSSR count). The summed E-state index contributed by atoms with van der Waals surface area (Å²) in [6, 6.07) is 10.3. The van der Waals surface area contributed by atoms with E-state index >= 15 is 0 Å². The molecule has 7 nitrogen and oxygen atoms in total. The van der Waals surface area contributed by atoms with Crippen LogP contribution in [0.2, 0.25) is 4.34 Å². The van der Waals surface area contributed by atoms with Gasteiger partial charge in [-0.25, -0.2) is 22.2 Å². The highest BCUT2D eigenvalue weighted by Gasteiger charge is 2.36. The van der Waals surface area contributed by atoms with Crippen LogP contribution in [0.15, 0.2) is 52.9 Å². The fourth-order valence-electron chi connectivity index (χ4n) is 4.08. The van der Waals surface area contributed by atoms with Crippen LogP contribution in [-0.4, -0.2) is 41.7 Å². The molecule has 0 spiro atoms. The van der Waals surface area contributed by atoms with E-state index in [1.807, 2.05) is 0 Å². The number of carbonyl (C=O) groups is 1. The Morgan fingerprint density at radius 3 is 2.58 bits per heavy atom. The number of thiazole rings is 1. The Kier molecular flexibility index (Phi) is 7.05. The minimum atomic E-state index is -3.69. The molecule has 13 heteroatoms. The summed E-state index contributed by atoms with van der Waals surface area (Å²) < 4.78 is 56.1. The number of rotatable bonds is 6. The number of benzene rings is 1. The van der Waals surface area contributed by atoms with Crippen LogP contribution >= 0.6 is 34.3 Å². The van der Waals surface area contributed by atoms with E-state index in [4.69, 9.17) is 11.6 Å². The predicted octanol–water partition coefficient (Wildman–Crippen LogP) is 5.32. The number of hydrogen-bond acceptors (Lipinski definition) is 7. The number of thiophene rings is 1. The van der Waals surface area contributed by atoms with Gasteiger partial charge in [-0.1, -0.05) is 29.0 Å². The van der Waals surface area contributed by atoms with Gasteiger partial charge in [0.1, 0.15) is 15.5 Å². The summed E-state index contributed by atoms with van der Waals surface area (Å²) in [6.07, 6.45) is 2.22. The van der Waals surface area contributed by atoms with Crippen LogP contribution in [0.5, 0.6) is 0 Å². The van der Waals surface area contributed by atoms with Gasteiger partial charge in [0, 0.05) is 31.3 Å². The van der Waals surface area contributed by atoms with Crippen LogP contribution in [0.3, 0.4) is 0 Å². The third kappa shape index (κ3) is 5.00. The SMILES string of the molecule is O=C(C1CCN(S(=O)(=O)c2ccc(Cl)s2)CC1)N(Cc1ccccn1)c1nc2c(F)cc(F)cc2s1. The number of carbonyl (C=O) groups excluding carboxylic acids is 1. The van der Waals surface area contributed by atoms with Crippen molar-refractivity contribution >= 4 is 65.6 Å². The first-order valence-corrected chi connectivity index (χ1v) is 14.4. The van der Waals surface area contributed by atoms with E-state index in [1.54, 1.807) is 24.4 Å². The van der Waals surface area contributed by atoms with Crippen LogP contribution < -0.4 is 4.90 Å². The standard InChI is InChI=1S/C23H19ClF2N4O3S3/c24-19-4-5-20(35-19)36(32,33)29-9-6-14(7-10-29)22(31)30(13-16-3-1-2-8-27-16)23-28-21-17(26)11-15(25)12-18(21)34-23/h1-5,8,11-12,14H,6-7,9-10,13H2. The van der Waals surface area contributed by atoms with Gasteiger partial charge in [0.25, 0.3) is 10.0 Å². The normalized spacial score (nSPS) is 15.4. The van der Waals surface area contributed by atoms with E-state index in [9.17, 15) is 22.0 Å². The minimum Gasteiger partial charge on any atom is -0.282 e. The molecular formula is C23H19ClF2N4O3S3. The molecule has 0 bridgehead atoms. The predicted molar refractivity (Wildman–Crippen MR) is 136 cm³/mol. The van der Waals surface area contributed by atoms with E-state index in [1.165, 1.54) is 27.4 Å². The molecule has 1 aliphatic rings. The first-order chi connectivity index (χ1) is 17.2. The van der Waals surface area contributed by atoms with Crippen LogP contribution in [0.25, 0.3) is 10.2 Å². The molecule has 4 heterocycles. The summed E-state index contributed by atoms with van der Waals surface area (Å²) in [5.74, 6) is -2.26. The van der Waals surface area contributed by atoms with Gasteiger partial charge in [-0.2, -0.15) is 4.31 Å². The Morgan fingerprint density at radius 1 is 1.14 bits per heavy atom. The highest BCUT2D eigenvalue weighted by molar-refractivity contribution is 7.91. The highest BCUT2D eigenvalue weighted by atomic mass is 35.5. The lowest BCUT2D eigenvalue weighted by Gasteiger charge is -2.32. The van der Waals surface area contributed by atoms with Gasteiger partial charge in [-0.3, -0.25) is 14.7 Å². The lowest BCUT2D eigenvalue weighted by molar-refractivity contribution is -0.123. The zero-order valence-electron chi connectivity index (χ0n) is 18.6. The van der Waals surface area contributed by atoms with E-state index < -0.39 is 27.6 Å². The van der Waals surface area contributed by atoms with Gasteiger partial charge in [-0.15, -0.1) is 11.3 Å². The van der Waals surface area contributed by atoms with Gasteiger partial charge in [0.2, 0.25) is 5.91 Å². The van der Waals surface area contributed by atoms with Crippen LogP contribution in [0, 0.1) is 17.6 Å². The van der Waals surface area contributed by atoms with Crippen LogP contribution in [-0.2, 0) is 21.4 Å². The van der Waals surface area contributed by atoms with E-state index in [2.05, 4.69) is 9.97 Å². The Labute approximate surface area is 219 Å². The average molecular weight is 569 g/mol. The van der Waals surface area contributed by atoms with Crippen molar-refractivity contribution in [3.05, 3.63) is 70.3 Å². The fraction of sp³-hybridized carbons (Fsp3) is 0.261. The molecule has 0 radical (unpaired) electrons. The maximum Gasteiger partial charge on any atom is 0.252 e. The maximum absolute atomic E-state index is 14.3. The van der Waals surface area contributed by atoms with Crippen molar-refractivity contribution in [2.24, 2.45) is 5.92 Å². The van der Waals surface area contributed by atoms with Crippen molar-refractivity contribution in [2.45, 2.75) is 23.6 Å². The van der Waals surface area contributed by atoms with Crippen molar-refractivity contribution in [1.82, 2.24) is 14.3 Å². The van der Waals surface area contributed by atoms with E-state index in [-0.39, 0.29) is 45.1 Å². The first kappa shape index (κ1) is 25.2. The second-order valence-electron chi connectivity index (χ2n) is 8.21. The summed E-state index contributed by atoms with van der Waals surface area (Å²) in [7, 11) is -3.69. The number of pyridine rings is 1. The second kappa shape index (κ2) is 10.1. The largest absolute Gasteiger partial charge is 0.282 e. The average Bonchev–Trinajstić information content (AvgIpc) is 3.50. The number of amides is 1. The van der Waals surface area contributed by atoms with E-state index in [0.717, 1.165) is 28.7 Å². The molecule has 0 unspecified atom stereocenters. The molecular weight excluding hydrogens is 550 g/mol. The van der Waals surface area contributed by atoms with Crippen LogP contribution in [0.1, 0.15) is 18.5 Å². The lowest BCUT2D eigenvalue weighted by atomic mass is 9.96. The Bertz CT molecular complexity index is 1520. The number of aromatic nitrogens is 2. The zero-order valence-corrected chi connectivity index (χ0v) is 21.8. The Morgan fingerprint density at radius 2 is 1.92 bits per heavy atom. The van der Waals surface area contributed by atoms with Crippen molar-refractivity contribution in [2.75, 3.05) is 18.0 Å². The summed E-state index contributed by atoms with van der Waals surface area (Å²) >= 11 is 7.92. The number of piperidine rings is 1. The smallest absolute Gasteiger partial charge is 0.252 e. The molecule has 0 atom stereocenters. The molecule has 1 fully saturated rings.